The Morgan fingerprint density at radius 2 is 2.09 bits per heavy atom. The van der Waals surface area contributed by atoms with E-state index in [1.807, 2.05) is 55.5 Å². The first-order chi connectivity index (χ1) is 16.1. The number of hydrogen-bond donors (Lipinski definition) is 3. The molecule has 1 atom stereocenters. The Morgan fingerprint density at radius 1 is 1.21 bits per heavy atom. The third-order valence-electron chi connectivity index (χ3n) is 6.22. The van der Waals surface area contributed by atoms with Crippen LogP contribution in [-0.2, 0) is 6.54 Å². The molecule has 0 bridgehead atoms. The van der Waals surface area contributed by atoms with Crippen LogP contribution in [0.2, 0.25) is 0 Å². The quantitative estimate of drug-likeness (QED) is 0.435. The number of carbonyl (C=O) groups is 1. The number of carbonyl (C=O) groups excluding carboxylic acids is 1. The second-order valence-electron chi connectivity index (χ2n) is 8.69. The van der Waals surface area contributed by atoms with Crippen molar-refractivity contribution >= 4 is 16.8 Å². The summed E-state index contributed by atoms with van der Waals surface area (Å²) in [5.41, 5.74) is 5.13. The average Bonchev–Trinajstić information content (AvgIpc) is 3.24. The lowest BCUT2D eigenvalue weighted by Gasteiger charge is -2.33. The fraction of sp³-hybridized carbons (Fsp3) is 0.269. The van der Waals surface area contributed by atoms with Crippen LogP contribution in [0.5, 0.6) is 5.75 Å². The van der Waals surface area contributed by atoms with E-state index in [9.17, 15) is 9.90 Å². The molecule has 0 radical (unpaired) electrons. The second kappa shape index (κ2) is 9.03. The highest BCUT2D eigenvalue weighted by Gasteiger charge is 2.23. The molecule has 2 aromatic carbocycles. The van der Waals surface area contributed by atoms with E-state index in [0.717, 1.165) is 59.3 Å². The molecule has 7 heteroatoms. The van der Waals surface area contributed by atoms with Crippen molar-refractivity contribution in [2.45, 2.75) is 32.4 Å². The number of pyridine rings is 1. The molecule has 1 aliphatic heterocycles. The van der Waals surface area contributed by atoms with Gasteiger partial charge in [0, 0.05) is 53.1 Å². The Bertz CT molecular complexity index is 1300. The van der Waals surface area contributed by atoms with Crippen LogP contribution in [0.4, 0.5) is 0 Å². The molecule has 1 fully saturated rings. The van der Waals surface area contributed by atoms with Crippen LogP contribution in [0.15, 0.2) is 60.8 Å². The SMILES string of the molecule is Cc1cc(-c2n[nH]c3ccc(C(=O)NC4CCCN(Cc5ccccc5O)C4)cc23)ccn1. The fourth-order valence-electron chi connectivity index (χ4n) is 4.54. The highest BCUT2D eigenvalue weighted by Crippen LogP contribution is 2.27. The van der Waals surface area contributed by atoms with Gasteiger partial charge in [-0.25, -0.2) is 0 Å². The van der Waals surface area contributed by atoms with Crippen LogP contribution < -0.4 is 5.32 Å². The summed E-state index contributed by atoms with van der Waals surface area (Å²) in [5, 5.41) is 21.7. The number of phenols is 1. The number of rotatable bonds is 5. The molecule has 1 amide bonds. The fourth-order valence-corrected chi connectivity index (χ4v) is 4.54. The van der Waals surface area contributed by atoms with E-state index in [0.29, 0.717) is 17.9 Å². The number of phenolic OH excluding ortho intramolecular Hbond substituents is 1. The molecule has 0 saturated carbocycles. The molecule has 1 aliphatic rings. The van der Waals surface area contributed by atoms with Crippen molar-refractivity contribution in [2.75, 3.05) is 13.1 Å². The van der Waals surface area contributed by atoms with Gasteiger partial charge in [0.25, 0.3) is 5.91 Å². The van der Waals surface area contributed by atoms with Gasteiger partial charge in [0.15, 0.2) is 0 Å². The Labute approximate surface area is 192 Å². The highest BCUT2D eigenvalue weighted by atomic mass is 16.3. The summed E-state index contributed by atoms with van der Waals surface area (Å²) >= 11 is 0. The topological polar surface area (TPSA) is 94.1 Å². The second-order valence-corrected chi connectivity index (χ2v) is 8.69. The molecule has 1 unspecified atom stereocenters. The number of nitrogens with one attached hydrogen (secondary N) is 2. The molecule has 0 spiro atoms. The minimum Gasteiger partial charge on any atom is -0.508 e. The van der Waals surface area contributed by atoms with Crippen molar-refractivity contribution in [3.05, 3.63) is 77.6 Å². The van der Waals surface area contributed by atoms with Crippen LogP contribution >= 0.6 is 0 Å². The molecule has 0 aliphatic carbocycles. The number of benzene rings is 2. The minimum atomic E-state index is -0.0793. The molecule has 3 N–H and O–H groups in total. The molecule has 2 aromatic heterocycles. The average molecular weight is 442 g/mol. The Kier molecular flexibility index (Phi) is 5.79. The maximum Gasteiger partial charge on any atom is 0.251 e. The lowest BCUT2D eigenvalue weighted by Crippen LogP contribution is -2.47. The first kappa shape index (κ1) is 21.2. The van der Waals surface area contributed by atoms with Gasteiger partial charge in [-0.15, -0.1) is 0 Å². The zero-order chi connectivity index (χ0) is 22.8. The van der Waals surface area contributed by atoms with Crippen LogP contribution in [0, 0.1) is 6.92 Å². The molecular weight excluding hydrogens is 414 g/mol. The van der Waals surface area contributed by atoms with E-state index in [-0.39, 0.29) is 11.9 Å². The summed E-state index contributed by atoms with van der Waals surface area (Å²) in [4.78, 5) is 19.6. The van der Waals surface area contributed by atoms with Crippen LogP contribution in [0.1, 0.15) is 34.5 Å². The van der Waals surface area contributed by atoms with Gasteiger partial charge in [0.1, 0.15) is 11.4 Å². The zero-order valence-electron chi connectivity index (χ0n) is 18.6. The number of fused-ring (bicyclic) bond motifs is 1. The third-order valence-corrected chi connectivity index (χ3v) is 6.22. The van der Waals surface area contributed by atoms with E-state index in [2.05, 4.69) is 25.4 Å². The number of nitrogens with zero attached hydrogens (tertiary/aromatic N) is 3. The normalized spacial score (nSPS) is 16.7. The van der Waals surface area contributed by atoms with E-state index in [1.165, 1.54) is 0 Å². The summed E-state index contributed by atoms with van der Waals surface area (Å²) in [6, 6.07) is 17.1. The van der Waals surface area contributed by atoms with Gasteiger partial charge in [-0.2, -0.15) is 5.10 Å². The molecule has 3 heterocycles. The monoisotopic (exact) mass is 441 g/mol. The van der Waals surface area contributed by atoms with Gasteiger partial charge in [-0.1, -0.05) is 18.2 Å². The molecule has 4 aromatic rings. The molecular formula is C26H27N5O2. The van der Waals surface area contributed by atoms with E-state index in [1.54, 1.807) is 12.3 Å². The zero-order valence-corrected chi connectivity index (χ0v) is 18.6. The first-order valence-corrected chi connectivity index (χ1v) is 11.3. The van der Waals surface area contributed by atoms with E-state index in [4.69, 9.17) is 0 Å². The smallest absolute Gasteiger partial charge is 0.251 e. The Hall–Kier alpha value is -3.71. The van der Waals surface area contributed by atoms with Gasteiger partial charge >= 0.3 is 0 Å². The number of aromatic nitrogens is 3. The van der Waals surface area contributed by atoms with Crippen molar-refractivity contribution in [3.8, 4) is 17.0 Å². The molecule has 7 nitrogen and oxygen atoms in total. The first-order valence-electron chi connectivity index (χ1n) is 11.3. The maximum atomic E-state index is 13.1. The highest BCUT2D eigenvalue weighted by molar-refractivity contribution is 6.01. The van der Waals surface area contributed by atoms with Gasteiger partial charge in [-0.05, 0) is 62.7 Å². The van der Waals surface area contributed by atoms with Crippen molar-refractivity contribution in [1.29, 1.82) is 0 Å². The standard InChI is InChI=1S/C26H27N5O2/c1-17-13-18(10-11-27-17)25-22-14-19(8-9-23(22)29-30-25)26(33)28-21-6-4-12-31(16-21)15-20-5-2-3-7-24(20)32/h2-3,5,7-11,13-14,21,32H,4,6,12,15-16H2,1H3,(H,28,33)(H,29,30). The lowest BCUT2D eigenvalue weighted by atomic mass is 10.0. The maximum absolute atomic E-state index is 13.1. The van der Waals surface area contributed by atoms with Gasteiger partial charge in [0.05, 0.1) is 5.52 Å². The van der Waals surface area contributed by atoms with Gasteiger partial charge in [0.2, 0.25) is 0 Å². The van der Waals surface area contributed by atoms with Gasteiger partial charge < -0.3 is 10.4 Å². The number of aromatic amines is 1. The largest absolute Gasteiger partial charge is 0.508 e. The van der Waals surface area contributed by atoms with Crippen molar-refractivity contribution in [2.24, 2.45) is 0 Å². The molecule has 33 heavy (non-hydrogen) atoms. The third kappa shape index (κ3) is 4.59. The molecule has 168 valence electrons. The number of likely N-dealkylation sites (tertiary alicyclic amines) is 1. The number of aryl methyl sites for hydroxylation is 1. The van der Waals surface area contributed by atoms with Crippen LogP contribution in [0.3, 0.4) is 0 Å². The van der Waals surface area contributed by atoms with Gasteiger partial charge in [-0.3, -0.25) is 19.8 Å². The van der Waals surface area contributed by atoms with E-state index >= 15 is 0 Å². The molecule has 5 rings (SSSR count). The number of amides is 1. The molecule has 1 saturated heterocycles. The summed E-state index contributed by atoms with van der Waals surface area (Å²) < 4.78 is 0. The number of hydrogen-bond acceptors (Lipinski definition) is 5. The number of H-pyrrole nitrogens is 1. The lowest BCUT2D eigenvalue weighted by molar-refractivity contribution is 0.0900. The van der Waals surface area contributed by atoms with Crippen molar-refractivity contribution < 1.29 is 9.90 Å². The predicted octanol–water partition coefficient (Wildman–Crippen LogP) is 4.03. The summed E-state index contributed by atoms with van der Waals surface area (Å²) in [6.45, 7) is 4.34. The Balaban J connectivity index is 1.30. The summed E-state index contributed by atoms with van der Waals surface area (Å²) in [7, 11) is 0. The number of aromatic hydroxyl groups is 1. The van der Waals surface area contributed by atoms with Crippen molar-refractivity contribution in [1.82, 2.24) is 25.4 Å². The number of para-hydroxylation sites is 1. The van der Waals surface area contributed by atoms with Crippen molar-refractivity contribution in [3.63, 3.8) is 0 Å². The van der Waals surface area contributed by atoms with E-state index < -0.39 is 0 Å². The number of piperidine rings is 1. The summed E-state index contributed by atoms with van der Waals surface area (Å²) in [5.74, 6) is 0.238. The Morgan fingerprint density at radius 3 is 2.94 bits per heavy atom. The van der Waals surface area contributed by atoms with Crippen LogP contribution in [-0.4, -0.2) is 50.2 Å². The predicted molar refractivity (Wildman–Crippen MR) is 128 cm³/mol. The summed E-state index contributed by atoms with van der Waals surface area (Å²) in [6.07, 6.45) is 3.72. The van der Waals surface area contributed by atoms with Crippen LogP contribution in [0.25, 0.3) is 22.2 Å². The minimum absolute atomic E-state index is 0.0690.